The Labute approximate surface area is 184 Å². The monoisotopic (exact) mass is 421 g/mol. The normalized spacial score (nSPS) is 11.3. The fourth-order valence-corrected chi connectivity index (χ4v) is 3.41. The molecule has 0 amide bonds. The van der Waals surface area contributed by atoms with Gasteiger partial charge in [-0.1, -0.05) is 36.4 Å². The average Bonchev–Trinajstić information content (AvgIpc) is 3.25. The standard InChI is InChI=1S/C24H31N5O2/c1-25-24(28(2)14-12-19-10-11-21(30-3)22(16-19)31-4)27-17-23-26-13-15-29(23)18-20-8-6-5-7-9-20/h5-11,13,15-16H,12,14,17-18H2,1-4H3,(H,25,27). The number of imidazole rings is 1. The smallest absolute Gasteiger partial charge is 0.193 e. The summed E-state index contributed by atoms with van der Waals surface area (Å²) in [6.45, 7) is 2.21. The molecular weight excluding hydrogens is 390 g/mol. The molecule has 0 fully saturated rings. The fourth-order valence-electron chi connectivity index (χ4n) is 3.41. The average molecular weight is 422 g/mol. The Morgan fingerprint density at radius 2 is 1.84 bits per heavy atom. The van der Waals surface area contributed by atoms with Gasteiger partial charge < -0.3 is 24.3 Å². The minimum absolute atomic E-state index is 0.604. The van der Waals surface area contributed by atoms with Crippen molar-refractivity contribution in [1.82, 2.24) is 19.8 Å². The first-order valence-electron chi connectivity index (χ1n) is 10.3. The zero-order chi connectivity index (χ0) is 22.1. The van der Waals surface area contributed by atoms with Crippen molar-refractivity contribution in [3.05, 3.63) is 77.9 Å². The van der Waals surface area contributed by atoms with Crippen LogP contribution in [0.4, 0.5) is 0 Å². The Morgan fingerprint density at radius 3 is 2.55 bits per heavy atom. The summed E-state index contributed by atoms with van der Waals surface area (Å²) < 4.78 is 12.9. The summed E-state index contributed by atoms with van der Waals surface area (Å²) in [5.41, 5.74) is 2.43. The molecule has 0 radical (unpaired) electrons. The van der Waals surface area contributed by atoms with Crippen molar-refractivity contribution in [2.45, 2.75) is 19.5 Å². The Balaban J connectivity index is 1.55. The molecule has 0 aliphatic heterocycles. The molecule has 0 atom stereocenters. The first kappa shape index (κ1) is 22.2. The van der Waals surface area contributed by atoms with Gasteiger partial charge in [-0.25, -0.2) is 4.98 Å². The van der Waals surface area contributed by atoms with Gasteiger partial charge in [-0.3, -0.25) is 4.99 Å². The lowest BCUT2D eigenvalue weighted by atomic mass is 10.1. The number of hydrogen-bond acceptors (Lipinski definition) is 4. The van der Waals surface area contributed by atoms with Gasteiger partial charge in [0.05, 0.1) is 20.8 Å². The number of likely N-dealkylation sites (N-methyl/N-ethyl adjacent to an activating group) is 1. The topological polar surface area (TPSA) is 63.9 Å². The molecule has 0 saturated heterocycles. The maximum atomic E-state index is 5.40. The van der Waals surface area contributed by atoms with E-state index in [2.05, 4.69) is 55.1 Å². The number of nitrogens with zero attached hydrogens (tertiary/aromatic N) is 4. The Hall–Kier alpha value is -3.48. The van der Waals surface area contributed by atoms with Crippen molar-refractivity contribution in [1.29, 1.82) is 0 Å². The number of aliphatic imine (C=N–C) groups is 1. The summed E-state index contributed by atoms with van der Waals surface area (Å²) in [5, 5.41) is 3.42. The van der Waals surface area contributed by atoms with Crippen LogP contribution in [0.2, 0.25) is 0 Å². The van der Waals surface area contributed by atoms with Gasteiger partial charge in [0.1, 0.15) is 5.82 Å². The highest BCUT2D eigenvalue weighted by Crippen LogP contribution is 2.27. The first-order valence-corrected chi connectivity index (χ1v) is 10.3. The molecule has 3 rings (SSSR count). The summed E-state index contributed by atoms with van der Waals surface area (Å²) >= 11 is 0. The molecule has 0 aliphatic rings. The van der Waals surface area contributed by atoms with Gasteiger partial charge in [-0.2, -0.15) is 0 Å². The van der Waals surface area contributed by atoms with E-state index in [1.54, 1.807) is 21.3 Å². The number of methoxy groups -OCH3 is 2. The highest BCUT2D eigenvalue weighted by atomic mass is 16.5. The van der Waals surface area contributed by atoms with E-state index in [0.717, 1.165) is 42.8 Å². The van der Waals surface area contributed by atoms with Crippen LogP contribution < -0.4 is 14.8 Å². The van der Waals surface area contributed by atoms with Crippen LogP contribution in [0.15, 0.2) is 65.9 Å². The van der Waals surface area contributed by atoms with E-state index in [-0.39, 0.29) is 0 Å². The van der Waals surface area contributed by atoms with Gasteiger partial charge >= 0.3 is 0 Å². The first-order chi connectivity index (χ1) is 15.1. The summed E-state index contributed by atoms with van der Waals surface area (Å²) in [7, 11) is 7.13. The number of aromatic nitrogens is 2. The van der Waals surface area contributed by atoms with E-state index in [9.17, 15) is 0 Å². The second kappa shape index (κ2) is 11.1. The molecular formula is C24H31N5O2. The van der Waals surface area contributed by atoms with Crippen LogP contribution in [-0.4, -0.2) is 55.3 Å². The molecule has 164 valence electrons. The van der Waals surface area contributed by atoms with E-state index in [1.807, 2.05) is 37.6 Å². The van der Waals surface area contributed by atoms with Gasteiger partial charge in [-0.15, -0.1) is 0 Å². The zero-order valence-electron chi connectivity index (χ0n) is 18.7. The number of hydrogen-bond donors (Lipinski definition) is 1. The highest BCUT2D eigenvalue weighted by Gasteiger charge is 2.10. The fraction of sp³-hybridized carbons (Fsp3) is 0.333. The molecule has 2 aromatic carbocycles. The third kappa shape index (κ3) is 6.01. The summed E-state index contributed by atoms with van der Waals surface area (Å²) in [5.74, 6) is 3.28. The van der Waals surface area contributed by atoms with Gasteiger partial charge in [0, 0.05) is 39.6 Å². The Bertz CT molecular complexity index is 985. The van der Waals surface area contributed by atoms with Crippen LogP contribution in [0.1, 0.15) is 17.0 Å². The van der Waals surface area contributed by atoms with Crippen LogP contribution in [0.3, 0.4) is 0 Å². The molecule has 1 heterocycles. The molecule has 0 aliphatic carbocycles. The van der Waals surface area contributed by atoms with E-state index in [4.69, 9.17) is 9.47 Å². The highest BCUT2D eigenvalue weighted by molar-refractivity contribution is 5.79. The molecule has 0 saturated carbocycles. The molecule has 0 spiro atoms. The maximum Gasteiger partial charge on any atom is 0.193 e. The SMILES string of the molecule is CN=C(NCc1nccn1Cc1ccccc1)N(C)CCc1ccc(OC)c(OC)c1. The van der Waals surface area contributed by atoms with Crippen LogP contribution in [0.5, 0.6) is 11.5 Å². The van der Waals surface area contributed by atoms with Crippen molar-refractivity contribution in [2.75, 3.05) is 34.9 Å². The lowest BCUT2D eigenvalue weighted by Crippen LogP contribution is -2.40. The Kier molecular flexibility index (Phi) is 7.92. The number of rotatable bonds is 9. The van der Waals surface area contributed by atoms with Crippen molar-refractivity contribution < 1.29 is 9.47 Å². The number of ether oxygens (including phenoxy) is 2. The second-order valence-electron chi connectivity index (χ2n) is 7.22. The molecule has 0 bridgehead atoms. The third-order valence-corrected chi connectivity index (χ3v) is 5.16. The molecule has 0 unspecified atom stereocenters. The molecule has 31 heavy (non-hydrogen) atoms. The molecule has 3 aromatic rings. The van der Waals surface area contributed by atoms with Crippen molar-refractivity contribution in [3.63, 3.8) is 0 Å². The number of nitrogens with one attached hydrogen (secondary N) is 1. The van der Waals surface area contributed by atoms with Crippen LogP contribution >= 0.6 is 0 Å². The molecule has 1 aromatic heterocycles. The minimum Gasteiger partial charge on any atom is -0.493 e. The van der Waals surface area contributed by atoms with E-state index < -0.39 is 0 Å². The maximum absolute atomic E-state index is 5.40. The van der Waals surface area contributed by atoms with Crippen LogP contribution in [0, 0.1) is 0 Å². The second-order valence-corrected chi connectivity index (χ2v) is 7.22. The number of guanidine groups is 1. The van der Waals surface area contributed by atoms with Crippen LogP contribution in [0.25, 0.3) is 0 Å². The van der Waals surface area contributed by atoms with Gasteiger partial charge in [0.2, 0.25) is 0 Å². The lowest BCUT2D eigenvalue weighted by Gasteiger charge is -2.22. The molecule has 7 heteroatoms. The van der Waals surface area contributed by atoms with E-state index in [0.29, 0.717) is 6.54 Å². The quantitative estimate of drug-likeness (QED) is 0.425. The largest absolute Gasteiger partial charge is 0.493 e. The van der Waals surface area contributed by atoms with Gasteiger partial charge in [0.25, 0.3) is 0 Å². The molecule has 1 N–H and O–H groups in total. The summed E-state index contributed by atoms with van der Waals surface area (Å²) in [6, 6.07) is 16.4. The minimum atomic E-state index is 0.604. The summed E-state index contributed by atoms with van der Waals surface area (Å²) in [4.78, 5) is 11.0. The molecule has 7 nitrogen and oxygen atoms in total. The summed E-state index contributed by atoms with van der Waals surface area (Å²) in [6.07, 6.45) is 4.71. The van der Waals surface area contributed by atoms with Crippen molar-refractivity contribution in [2.24, 2.45) is 4.99 Å². The van der Waals surface area contributed by atoms with Gasteiger partial charge in [-0.05, 0) is 29.7 Å². The van der Waals surface area contributed by atoms with Crippen LogP contribution in [-0.2, 0) is 19.5 Å². The van der Waals surface area contributed by atoms with Gasteiger partial charge in [0.15, 0.2) is 17.5 Å². The van der Waals surface area contributed by atoms with E-state index in [1.165, 1.54) is 11.1 Å². The van der Waals surface area contributed by atoms with E-state index >= 15 is 0 Å². The third-order valence-electron chi connectivity index (χ3n) is 5.16. The predicted octanol–water partition coefficient (Wildman–Crippen LogP) is 3.20. The number of benzene rings is 2. The van der Waals surface area contributed by atoms with Crippen molar-refractivity contribution in [3.8, 4) is 11.5 Å². The van der Waals surface area contributed by atoms with Crippen molar-refractivity contribution >= 4 is 5.96 Å². The predicted molar refractivity (Wildman–Crippen MR) is 124 cm³/mol. The zero-order valence-corrected chi connectivity index (χ0v) is 18.7. The Morgan fingerprint density at radius 1 is 1.06 bits per heavy atom. The lowest BCUT2D eigenvalue weighted by molar-refractivity contribution is 0.354.